The van der Waals surface area contributed by atoms with E-state index >= 15 is 0 Å². The highest BCUT2D eigenvalue weighted by atomic mass is 32.1. The summed E-state index contributed by atoms with van der Waals surface area (Å²) in [5.41, 5.74) is 0.892. The minimum atomic E-state index is -1.17. The van der Waals surface area contributed by atoms with E-state index in [9.17, 15) is 14.7 Å². The lowest BCUT2D eigenvalue weighted by Gasteiger charge is -2.05. The molecule has 0 saturated heterocycles. The van der Waals surface area contributed by atoms with Gasteiger partial charge >= 0.3 is 11.9 Å². The molecule has 0 radical (unpaired) electrons. The van der Waals surface area contributed by atoms with Crippen LogP contribution in [0.25, 0.3) is 16.3 Å². The van der Waals surface area contributed by atoms with Gasteiger partial charge in [0.25, 0.3) is 0 Å². The first-order valence-corrected chi connectivity index (χ1v) is 7.02. The second-order valence-electron chi connectivity index (χ2n) is 4.33. The third-order valence-electron chi connectivity index (χ3n) is 2.99. The van der Waals surface area contributed by atoms with E-state index in [1.54, 1.807) is 24.3 Å². The fourth-order valence-electron chi connectivity index (χ4n) is 1.99. The molecule has 0 aliphatic rings. The van der Waals surface area contributed by atoms with E-state index in [1.807, 2.05) is 5.38 Å². The van der Waals surface area contributed by atoms with Crippen LogP contribution in [0.5, 0.6) is 0 Å². The van der Waals surface area contributed by atoms with Gasteiger partial charge in [-0.2, -0.15) is 0 Å². The Morgan fingerprint density at radius 3 is 2.32 bits per heavy atom. The summed E-state index contributed by atoms with van der Waals surface area (Å²) in [6.45, 7) is 0. The number of carboxylic acids is 2. The molecule has 3 rings (SSSR count). The van der Waals surface area contributed by atoms with Crippen molar-refractivity contribution in [2.45, 2.75) is 0 Å². The summed E-state index contributed by atoms with van der Waals surface area (Å²) in [5, 5.41) is 27.6. The largest absolute Gasteiger partial charge is 0.478 e. The predicted octanol–water partition coefficient (Wildman–Crippen LogP) is 2.39. The lowest BCUT2D eigenvalue weighted by Crippen LogP contribution is -2.03. The monoisotopic (exact) mass is 315 g/mol. The van der Waals surface area contributed by atoms with Gasteiger partial charge in [-0.05, 0) is 35.7 Å². The molecule has 2 aromatic heterocycles. The number of aromatic nitrogens is 3. The number of rotatable bonds is 4. The molecule has 0 unspecified atom stereocenters. The van der Waals surface area contributed by atoms with E-state index in [-0.39, 0.29) is 11.3 Å². The molecular weight excluding hydrogens is 306 g/mol. The Kier molecular flexibility index (Phi) is 3.43. The third kappa shape index (κ3) is 2.35. The molecule has 8 heteroatoms. The smallest absolute Gasteiger partial charge is 0.358 e. The zero-order valence-corrected chi connectivity index (χ0v) is 11.8. The summed E-state index contributed by atoms with van der Waals surface area (Å²) in [6.07, 6.45) is 0. The number of benzene rings is 1. The summed E-state index contributed by atoms with van der Waals surface area (Å²) in [6, 6.07) is 9.55. The zero-order chi connectivity index (χ0) is 15.7. The van der Waals surface area contributed by atoms with E-state index in [4.69, 9.17) is 5.11 Å². The predicted molar refractivity (Wildman–Crippen MR) is 78.6 cm³/mol. The van der Waals surface area contributed by atoms with Crippen LogP contribution in [0.4, 0.5) is 0 Å². The molecule has 0 spiro atoms. The molecule has 0 fully saturated rings. The van der Waals surface area contributed by atoms with Gasteiger partial charge in [0.05, 0.1) is 16.1 Å². The SMILES string of the molecule is O=C(O)c1ccc(-n2nnc(C(=O)O)c2-c2cccs2)cc1. The van der Waals surface area contributed by atoms with Gasteiger partial charge in [-0.1, -0.05) is 11.3 Å². The van der Waals surface area contributed by atoms with Gasteiger partial charge in [-0.15, -0.1) is 16.4 Å². The van der Waals surface area contributed by atoms with Crippen molar-refractivity contribution in [1.29, 1.82) is 0 Å². The van der Waals surface area contributed by atoms with Crippen molar-refractivity contribution in [3.63, 3.8) is 0 Å². The van der Waals surface area contributed by atoms with Crippen LogP contribution < -0.4 is 0 Å². The maximum atomic E-state index is 11.3. The Morgan fingerprint density at radius 2 is 1.77 bits per heavy atom. The topological polar surface area (TPSA) is 105 Å². The number of carboxylic acid groups (broad SMARTS) is 2. The lowest BCUT2D eigenvalue weighted by atomic mass is 10.2. The van der Waals surface area contributed by atoms with Gasteiger partial charge in [-0.3, -0.25) is 0 Å². The molecule has 22 heavy (non-hydrogen) atoms. The fraction of sp³-hybridized carbons (Fsp3) is 0. The van der Waals surface area contributed by atoms with Crippen LogP contribution in [0.3, 0.4) is 0 Å². The van der Waals surface area contributed by atoms with Crippen LogP contribution in [0.1, 0.15) is 20.8 Å². The number of aromatic carboxylic acids is 2. The van der Waals surface area contributed by atoms with Crippen LogP contribution in [0.2, 0.25) is 0 Å². The molecule has 0 amide bonds. The lowest BCUT2D eigenvalue weighted by molar-refractivity contribution is 0.0683. The first kappa shape index (κ1) is 14.0. The highest BCUT2D eigenvalue weighted by molar-refractivity contribution is 7.13. The molecule has 0 bridgehead atoms. The Bertz CT molecular complexity index is 838. The Labute approximate surface area is 128 Å². The van der Waals surface area contributed by atoms with Gasteiger partial charge in [-0.25, -0.2) is 14.3 Å². The van der Waals surface area contributed by atoms with Crippen molar-refractivity contribution in [2.24, 2.45) is 0 Å². The molecule has 0 aliphatic heterocycles. The Hall–Kier alpha value is -3.00. The van der Waals surface area contributed by atoms with Gasteiger partial charge in [0.15, 0.2) is 5.69 Å². The first-order valence-electron chi connectivity index (χ1n) is 6.14. The van der Waals surface area contributed by atoms with Gasteiger partial charge in [0.2, 0.25) is 0 Å². The van der Waals surface area contributed by atoms with E-state index in [0.717, 1.165) is 0 Å². The van der Waals surface area contributed by atoms with Crippen molar-refractivity contribution in [1.82, 2.24) is 15.0 Å². The molecule has 3 aromatic rings. The summed E-state index contributed by atoms with van der Waals surface area (Å²) in [5.74, 6) is -2.20. The Balaban J connectivity index is 2.15. The van der Waals surface area contributed by atoms with E-state index in [1.165, 1.54) is 28.2 Å². The van der Waals surface area contributed by atoms with Crippen LogP contribution in [-0.4, -0.2) is 37.1 Å². The van der Waals surface area contributed by atoms with Gasteiger partial charge in [0, 0.05) is 0 Å². The number of hydrogen-bond acceptors (Lipinski definition) is 5. The molecule has 1 aromatic carbocycles. The molecule has 2 N–H and O–H groups in total. The normalized spacial score (nSPS) is 10.5. The number of carbonyl (C=O) groups is 2. The van der Waals surface area contributed by atoms with Crippen LogP contribution in [0, 0.1) is 0 Å². The molecule has 110 valence electrons. The molecule has 0 saturated carbocycles. The maximum Gasteiger partial charge on any atom is 0.358 e. The summed E-state index contributed by atoms with van der Waals surface area (Å²) < 4.78 is 1.39. The third-order valence-corrected chi connectivity index (χ3v) is 3.86. The van der Waals surface area contributed by atoms with Crippen molar-refractivity contribution in [3.05, 3.63) is 53.0 Å². The van der Waals surface area contributed by atoms with Gasteiger partial charge < -0.3 is 10.2 Å². The van der Waals surface area contributed by atoms with Crippen LogP contribution >= 0.6 is 11.3 Å². The van der Waals surface area contributed by atoms with Crippen molar-refractivity contribution in [2.75, 3.05) is 0 Å². The van der Waals surface area contributed by atoms with Gasteiger partial charge in [0.1, 0.15) is 5.69 Å². The molecule has 0 aliphatic carbocycles. The molecule has 7 nitrogen and oxygen atoms in total. The molecule has 0 atom stereocenters. The number of nitrogens with zero attached hydrogens (tertiary/aromatic N) is 3. The molecule has 2 heterocycles. The summed E-state index contributed by atoms with van der Waals surface area (Å²) >= 11 is 1.37. The maximum absolute atomic E-state index is 11.3. The summed E-state index contributed by atoms with van der Waals surface area (Å²) in [4.78, 5) is 22.9. The van der Waals surface area contributed by atoms with E-state index in [2.05, 4.69) is 10.3 Å². The quantitative estimate of drug-likeness (QED) is 0.766. The zero-order valence-electron chi connectivity index (χ0n) is 11.0. The average molecular weight is 315 g/mol. The fourth-order valence-corrected chi connectivity index (χ4v) is 2.74. The van der Waals surface area contributed by atoms with E-state index < -0.39 is 11.9 Å². The highest BCUT2D eigenvalue weighted by Crippen LogP contribution is 2.29. The number of thiophene rings is 1. The van der Waals surface area contributed by atoms with E-state index in [0.29, 0.717) is 16.3 Å². The standard InChI is InChI=1S/C14H9N3O4S/c18-13(19)8-3-5-9(6-4-8)17-12(10-2-1-7-22-10)11(14(20)21)15-16-17/h1-7H,(H,18,19)(H,20,21). The van der Waals surface area contributed by atoms with Crippen molar-refractivity contribution >= 4 is 23.3 Å². The van der Waals surface area contributed by atoms with Crippen molar-refractivity contribution in [3.8, 4) is 16.3 Å². The second kappa shape index (κ2) is 5.41. The minimum Gasteiger partial charge on any atom is -0.478 e. The number of hydrogen-bond donors (Lipinski definition) is 2. The molecular formula is C14H9N3O4S. The Morgan fingerprint density at radius 1 is 1.05 bits per heavy atom. The average Bonchev–Trinajstić information content (AvgIpc) is 3.16. The van der Waals surface area contributed by atoms with Crippen LogP contribution in [-0.2, 0) is 0 Å². The van der Waals surface area contributed by atoms with Crippen LogP contribution in [0.15, 0.2) is 41.8 Å². The highest BCUT2D eigenvalue weighted by Gasteiger charge is 2.22. The van der Waals surface area contributed by atoms with Crippen molar-refractivity contribution < 1.29 is 19.8 Å². The summed E-state index contributed by atoms with van der Waals surface area (Å²) in [7, 11) is 0. The minimum absolute atomic E-state index is 0.139. The first-order chi connectivity index (χ1) is 10.6. The second-order valence-corrected chi connectivity index (χ2v) is 5.28.